The summed E-state index contributed by atoms with van der Waals surface area (Å²) in [5, 5.41) is 13.4. The molecule has 26 heavy (non-hydrogen) atoms. The summed E-state index contributed by atoms with van der Waals surface area (Å²) < 4.78 is 25.1. The highest BCUT2D eigenvalue weighted by atomic mass is 35.5. The molecule has 0 saturated heterocycles. The predicted molar refractivity (Wildman–Crippen MR) is 101 cm³/mol. The summed E-state index contributed by atoms with van der Waals surface area (Å²) in [5.74, 6) is -0.336. The molecular weight excluding hydrogens is 376 g/mol. The number of halogens is 1. The van der Waals surface area contributed by atoms with Crippen LogP contribution in [0.1, 0.15) is 28.4 Å². The van der Waals surface area contributed by atoms with Gasteiger partial charge in [-0.25, -0.2) is 12.7 Å². The van der Waals surface area contributed by atoms with Crippen LogP contribution in [0.25, 0.3) is 0 Å². The summed E-state index contributed by atoms with van der Waals surface area (Å²) in [6.07, 6.45) is -0.402. The average Bonchev–Trinajstić information content (AvgIpc) is 2.61. The van der Waals surface area contributed by atoms with Gasteiger partial charge in [0, 0.05) is 31.2 Å². The maximum absolute atomic E-state index is 12.1. The van der Waals surface area contributed by atoms with E-state index in [0.717, 1.165) is 4.31 Å². The first-order valence-corrected chi connectivity index (χ1v) is 9.78. The molecule has 0 radical (unpaired) electrons. The Morgan fingerprint density at radius 1 is 1.19 bits per heavy atom. The molecule has 0 aliphatic heterocycles. The van der Waals surface area contributed by atoms with Crippen molar-refractivity contribution in [2.75, 3.05) is 20.6 Å². The van der Waals surface area contributed by atoms with Crippen molar-refractivity contribution in [1.29, 1.82) is 0 Å². The molecule has 1 unspecified atom stereocenters. The van der Waals surface area contributed by atoms with Gasteiger partial charge in [-0.1, -0.05) is 23.7 Å². The van der Waals surface area contributed by atoms with Crippen LogP contribution in [0.2, 0.25) is 5.02 Å². The number of hydrogen-bond acceptors (Lipinski definition) is 4. The van der Waals surface area contributed by atoms with Gasteiger partial charge < -0.3 is 10.4 Å². The minimum Gasteiger partial charge on any atom is -0.388 e. The summed E-state index contributed by atoms with van der Waals surface area (Å²) in [4.78, 5) is 12.3. The van der Waals surface area contributed by atoms with Gasteiger partial charge in [-0.2, -0.15) is 0 Å². The fourth-order valence-electron chi connectivity index (χ4n) is 2.29. The second-order valence-electron chi connectivity index (χ2n) is 5.93. The zero-order valence-corrected chi connectivity index (χ0v) is 16.1. The Kier molecular flexibility index (Phi) is 6.77. The van der Waals surface area contributed by atoms with Crippen LogP contribution in [0.3, 0.4) is 0 Å². The fourth-order valence-corrected chi connectivity index (χ4v) is 3.39. The minimum absolute atomic E-state index is 0.121. The van der Waals surface area contributed by atoms with Gasteiger partial charge in [0.1, 0.15) is 0 Å². The third kappa shape index (κ3) is 5.04. The van der Waals surface area contributed by atoms with Gasteiger partial charge in [0.05, 0.1) is 11.0 Å². The van der Waals surface area contributed by atoms with Gasteiger partial charge in [-0.15, -0.1) is 0 Å². The van der Waals surface area contributed by atoms with Crippen molar-refractivity contribution in [3.8, 4) is 0 Å². The summed E-state index contributed by atoms with van der Waals surface area (Å²) >= 11 is 5.89. The Labute approximate surface area is 158 Å². The molecule has 140 valence electrons. The number of sulfonamides is 1. The van der Waals surface area contributed by atoms with Crippen LogP contribution < -0.4 is 5.32 Å². The summed E-state index contributed by atoms with van der Waals surface area (Å²) in [6, 6.07) is 12.6. The number of amides is 1. The molecule has 1 atom stereocenters. The molecule has 0 heterocycles. The molecule has 8 heteroatoms. The second kappa shape index (κ2) is 8.64. The normalized spacial score (nSPS) is 12.8. The van der Waals surface area contributed by atoms with Crippen molar-refractivity contribution in [2.24, 2.45) is 0 Å². The lowest BCUT2D eigenvalue weighted by atomic mass is 10.1. The molecule has 0 spiro atoms. The van der Waals surface area contributed by atoms with Crippen LogP contribution in [-0.4, -0.2) is 44.4 Å². The molecule has 0 fully saturated rings. The standard InChI is InChI=1S/C18H21ClN2O4S/c1-21(2)26(24,25)16-8-6-13(7-9-16)18(23)20-11-10-17(22)14-4-3-5-15(19)12-14/h3-9,12,17,22H,10-11H2,1-2H3,(H,20,23). The van der Waals surface area contributed by atoms with Gasteiger partial charge in [-0.05, 0) is 48.4 Å². The third-order valence-electron chi connectivity index (χ3n) is 3.83. The number of benzene rings is 2. The first kappa shape index (κ1) is 20.4. The van der Waals surface area contributed by atoms with Crippen LogP contribution in [-0.2, 0) is 10.0 Å². The molecular formula is C18H21ClN2O4S. The highest BCUT2D eigenvalue weighted by molar-refractivity contribution is 7.89. The van der Waals surface area contributed by atoms with Crippen molar-refractivity contribution < 1.29 is 18.3 Å². The van der Waals surface area contributed by atoms with E-state index in [9.17, 15) is 18.3 Å². The second-order valence-corrected chi connectivity index (χ2v) is 8.52. The largest absolute Gasteiger partial charge is 0.388 e. The maximum atomic E-state index is 12.1. The molecule has 1 amide bonds. The van der Waals surface area contributed by atoms with Crippen molar-refractivity contribution in [3.63, 3.8) is 0 Å². The molecule has 0 aliphatic rings. The SMILES string of the molecule is CN(C)S(=O)(=O)c1ccc(C(=O)NCCC(O)c2cccc(Cl)c2)cc1. The van der Waals surface area contributed by atoms with E-state index in [1.165, 1.54) is 38.4 Å². The van der Waals surface area contributed by atoms with Crippen LogP contribution in [0, 0.1) is 0 Å². The number of rotatable bonds is 7. The Morgan fingerprint density at radius 3 is 2.42 bits per heavy atom. The van der Waals surface area contributed by atoms with E-state index in [-0.39, 0.29) is 17.3 Å². The molecule has 0 bridgehead atoms. The Hall–Kier alpha value is -1.93. The van der Waals surface area contributed by atoms with Crippen molar-refractivity contribution in [1.82, 2.24) is 9.62 Å². The maximum Gasteiger partial charge on any atom is 0.251 e. The smallest absolute Gasteiger partial charge is 0.251 e. The number of aliphatic hydroxyl groups excluding tert-OH is 1. The van der Waals surface area contributed by atoms with E-state index >= 15 is 0 Å². The van der Waals surface area contributed by atoms with E-state index < -0.39 is 16.1 Å². The van der Waals surface area contributed by atoms with Crippen molar-refractivity contribution in [3.05, 3.63) is 64.7 Å². The Morgan fingerprint density at radius 2 is 1.85 bits per heavy atom. The molecule has 0 aromatic heterocycles. The molecule has 0 aliphatic carbocycles. The third-order valence-corrected chi connectivity index (χ3v) is 5.90. The number of hydrogen-bond donors (Lipinski definition) is 2. The molecule has 2 aromatic carbocycles. The molecule has 2 aromatic rings. The van der Waals surface area contributed by atoms with Crippen LogP contribution >= 0.6 is 11.6 Å². The quantitative estimate of drug-likeness (QED) is 0.752. The topological polar surface area (TPSA) is 86.7 Å². The summed E-state index contributed by atoms with van der Waals surface area (Å²) in [5.41, 5.74) is 1.03. The van der Waals surface area contributed by atoms with Crippen LogP contribution in [0.5, 0.6) is 0 Å². The first-order chi connectivity index (χ1) is 12.2. The zero-order valence-electron chi connectivity index (χ0n) is 14.5. The van der Waals surface area contributed by atoms with Gasteiger partial charge >= 0.3 is 0 Å². The minimum atomic E-state index is -3.52. The Balaban J connectivity index is 1.92. The lowest BCUT2D eigenvalue weighted by Gasteiger charge is -2.13. The van der Waals surface area contributed by atoms with E-state index in [0.29, 0.717) is 22.6 Å². The van der Waals surface area contributed by atoms with E-state index in [1.807, 2.05) is 0 Å². The fraction of sp³-hybridized carbons (Fsp3) is 0.278. The lowest BCUT2D eigenvalue weighted by Crippen LogP contribution is -2.26. The van der Waals surface area contributed by atoms with Crippen LogP contribution in [0.4, 0.5) is 0 Å². The molecule has 0 saturated carbocycles. The average molecular weight is 397 g/mol. The number of nitrogens with one attached hydrogen (secondary N) is 1. The summed E-state index contributed by atoms with van der Waals surface area (Å²) in [6.45, 7) is 0.268. The number of carbonyl (C=O) groups is 1. The highest BCUT2D eigenvalue weighted by Gasteiger charge is 2.17. The van der Waals surface area contributed by atoms with E-state index in [4.69, 9.17) is 11.6 Å². The summed E-state index contributed by atoms with van der Waals surface area (Å²) in [7, 11) is -0.633. The van der Waals surface area contributed by atoms with E-state index in [2.05, 4.69) is 5.32 Å². The Bertz CT molecular complexity index is 867. The van der Waals surface area contributed by atoms with Crippen molar-refractivity contribution in [2.45, 2.75) is 17.4 Å². The molecule has 2 rings (SSSR count). The lowest BCUT2D eigenvalue weighted by molar-refractivity contribution is 0.0942. The number of aliphatic hydroxyl groups is 1. The van der Waals surface area contributed by atoms with Crippen LogP contribution in [0.15, 0.2) is 53.4 Å². The monoisotopic (exact) mass is 396 g/mol. The van der Waals surface area contributed by atoms with E-state index in [1.54, 1.807) is 24.3 Å². The number of carbonyl (C=O) groups excluding carboxylic acids is 1. The molecule has 2 N–H and O–H groups in total. The van der Waals surface area contributed by atoms with Gasteiger partial charge in [0.15, 0.2) is 0 Å². The van der Waals surface area contributed by atoms with Crippen molar-refractivity contribution >= 4 is 27.5 Å². The number of nitrogens with zero attached hydrogens (tertiary/aromatic N) is 1. The predicted octanol–water partition coefficient (Wildman–Crippen LogP) is 2.44. The first-order valence-electron chi connectivity index (χ1n) is 7.96. The van der Waals surface area contributed by atoms with Gasteiger partial charge in [-0.3, -0.25) is 4.79 Å². The molecule has 6 nitrogen and oxygen atoms in total. The van der Waals surface area contributed by atoms with Gasteiger partial charge in [0.2, 0.25) is 10.0 Å². The highest BCUT2D eigenvalue weighted by Crippen LogP contribution is 2.20. The van der Waals surface area contributed by atoms with Gasteiger partial charge in [0.25, 0.3) is 5.91 Å². The zero-order chi connectivity index (χ0) is 19.3.